The topological polar surface area (TPSA) is 98.2 Å². The van der Waals surface area contributed by atoms with Crippen LogP contribution in [-0.4, -0.2) is 47.2 Å². The Morgan fingerprint density at radius 3 is 2.71 bits per heavy atom. The van der Waals surface area contributed by atoms with Crippen LogP contribution in [0.5, 0.6) is 5.75 Å². The van der Waals surface area contributed by atoms with Gasteiger partial charge in [0.05, 0.1) is 36.8 Å². The number of hydrogen-bond donors (Lipinski definition) is 1. The molecule has 216 valence electrons. The van der Waals surface area contributed by atoms with Gasteiger partial charge in [-0.1, -0.05) is 26.8 Å². The van der Waals surface area contributed by atoms with Gasteiger partial charge in [0.2, 0.25) is 0 Å². The van der Waals surface area contributed by atoms with Crippen LogP contribution in [0.4, 0.5) is 10.1 Å². The summed E-state index contributed by atoms with van der Waals surface area (Å²) in [5.41, 5.74) is 2.02. The van der Waals surface area contributed by atoms with Crippen LogP contribution in [0.2, 0.25) is 0 Å². The van der Waals surface area contributed by atoms with Crippen molar-refractivity contribution in [2.75, 3.05) is 25.6 Å². The number of anilines is 1. The van der Waals surface area contributed by atoms with Gasteiger partial charge in [0, 0.05) is 37.9 Å². The Hall–Kier alpha value is -3.93. The molecule has 3 aliphatic carbocycles. The first-order valence-electron chi connectivity index (χ1n) is 14.3. The van der Waals surface area contributed by atoms with Crippen LogP contribution in [0.25, 0.3) is 10.9 Å². The molecule has 0 spiro atoms. The number of halogens is 1. The van der Waals surface area contributed by atoms with E-state index in [2.05, 4.69) is 36.7 Å². The maximum Gasteiger partial charge on any atom is 0.261 e. The molecule has 1 N–H and O–H groups in total. The standard InChI is InChI=1S/C32H39FN6O2/c1-20-26-15-22(32(26,2)3)16-29(20)39(31(35)37(4)13-6-12-34)23-8-10-25-28(17-23)36-19-38(30(25)40)14-11-21-7-9-24(41-5)18-27(21)33/h7-10,17-20,22,26,29,35H,6,11,13-16H2,1-5H3/t20-,22-,26+,29?/m0/s1. The van der Waals surface area contributed by atoms with Gasteiger partial charge in [-0.2, -0.15) is 5.26 Å². The van der Waals surface area contributed by atoms with Gasteiger partial charge in [-0.15, -0.1) is 0 Å². The number of aromatic nitrogens is 2. The lowest BCUT2D eigenvalue weighted by Crippen LogP contribution is -2.63. The third-order valence-corrected chi connectivity index (χ3v) is 9.76. The van der Waals surface area contributed by atoms with Crippen molar-refractivity contribution in [3.05, 3.63) is 64.5 Å². The Morgan fingerprint density at radius 1 is 1.27 bits per heavy atom. The predicted octanol–water partition coefficient (Wildman–Crippen LogP) is 5.44. The molecule has 0 amide bonds. The van der Waals surface area contributed by atoms with Crippen LogP contribution in [0.3, 0.4) is 0 Å². The molecule has 0 aliphatic heterocycles. The number of guanidine groups is 1. The molecule has 2 aromatic carbocycles. The first-order valence-corrected chi connectivity index (χ1v) is 14.3. The fourth-order valence-corrected chi connectivity index (χ4v) is 7.00. The van der Waals surface area contributed by atoms with Gasteiger partial charge in [0.1, 0.15) is 11.6 Å². The SMILES string of the molecule is COc1ccc(CCn2cnc3cc(N(C(=N)N(C)CCC#N)C4C[C@@H]5C[C@H]([C@@H]4C)C5(C)C)ccc3c2=O)c(F)c1. The maximum absolute atomic E-state index is 14.4. The van der Waals surface area contributed by atoms with E-state index in [-0.39, 0.29) is 17.4 Å². The first kappa shape index (κ1) is 28.6. The molecule has 9 heteroatoms. The molecule has 6 rings (SSSR count). The average Bonchev–Trinajstić information content (AvgIpc) is 2.96. The van der Waals surface area contributed by atoms with E-state index >= 15 is 0 Å². The molecular formula is C32H39FN6O2. The molecule has 8 nitrogen and oxygen atoms in total. The van der Waals surface area contributed by atoms with Crippen molar-refractivity contribution in [1.29, 1.82) is 10.7 Å². The number of nitrogens with zero attached hydrogens (tertiary/aromatic N) is 5. The Morgan fingerprint density at radius 2 is 2.05 bits per heavy atom. The number of aryl methyl sites for hydroxylation is 2. The van der Waals surface area contributed by atoms with E-state index in [1.54, 1.807) is 18.2 Å². The number of hydrogen-bond acceptors (Lipinski definition) is 5. The minimum atomic E-state index is -0.365. The highest BCUT2D eigenvalue weighted by molar-refractivity contribution is 5.96. The second-order valence-corrected chi connectivity index (χ2v) is 12.2. The summed E-state index contributed by atoms with van der Waals surface area (Å²) in [4.78, 5) is 21.9. The monoisotopic (exact) mass is 558 g/mol. The van der Waals surface area contributed by atoms with E-state index < -0.39 is 0 Å². The Labute approximate surface area is 240 Å². The lowest BCUT2D eigenvalue weighted by atomic mass is 9.44. The summed E-state index contributed by atoms with van der Waals surface area (Å²) in [6.07, 6.45) is 4.43. The minimum Gasteiger partial charge on any atom is -0.497 e. The molecule has 1 heterocycles. The molecule has 3 fully saturated rings. The number of benzene rings is 2. The van der Waals surface area contributed by atoms with Gasteiger partial charge in [0.25, 0.3) is 5.56 Å². The number of rotatable bonds is 8. The molecule has 41 heavy (non-hydrogen) atoms. The zero-order valence-electron chi connectivity index (χ0n) is 24.5. The number of ether oxygens (including phenoxy) is 1. The van der Waals surface area contributed by atoms with Crippen LogP contribution in [0.15, 0.2) is 47.5 Å². The Balaban J connectivity index is 1.44. The van der Waals surface area contributed by atoms with E-state index in [1.165, 1.54) is 30.5 Å². The highest BCUT2D eigenvalue weighted by atomic mass is 19.1. The van der Waals surface area contributed by atoms with Crippen molar-refractivity contribution >= 4 is 22.5 Å². The Bertz CT molecular complexity index is 1560. The summed E-state index contributed by atoms with van der Waals surface area (Å²) >= 11 is 0. The van der Waals surface area contributed by atoms with Crippen molar-refractivity contribution in [1.82, 2.24) is 14.5 Å². The zero-order chi connectivity index (χ0) is 29.5. The van der Waals surface area contributed by atoms with Crippen LogP contribution in [0, 0.1) is 45.7 Å². The van der Waals surface area contributed by atoms with Gasteiger partial charge in [-0.25, -0.2) is 9.37 Å². The molecule has 2 bridgehead atoms. The highest BCUT2D eigenvalue weighted by Gasteiger charge is 2.57. The molecule has 0 radical (unpaired) electrons. The zero-order valence-corrected chi connectivity index (χ0v) is 24.5. The quantitative estimate of drug-likeness (QED) is 0.292. The molecule has 1 aromatic heterocycles. The summed E-state index contributed by atoms with van der Waals surface area (Å²) in [5, 5.41) is 18.8. The number of nitriles is 1. The van der Waals surface area contributed by atoms with E-state index in [9.17, 15) is 9.18 Å². The van der Waals surface area contributed by atoms with E-state index in [0.717, 1.165) is 12.1 Å². The van der Waals surface area contributed by atoms with E-state index in [0.29, 0.717) is 77.3 Å². The van der Waals surface area contributed by atoms with Crippen molar-refractivity contribution in [2.24, 2.45) is 23.2 Å². The average molecular weight is 559 g/mol. The number of nitrogens with one attached hydrogen (secondary N) is 1. The number of fused-ring (bicyclic) bond motifs is 3. The van der Waals surface area contributed by atoms with Gasteiger partial charge >= 0.3 is 0 Å². The molecule has 4 atom stereocenters. The molecular weight excluding hydrogens is 519 g/mol. The second kappa shape index (κ2) is 11.2. The molecule has 1 unspecified atom stereocenters. The van der Waals surface area contributed by atoms with E-state index in [1.807, 2.05) is 24.1 Å². The second-order valence-electron chi connectivity index (χ2n) is 12.2. The smallest absolute Gasteiger partial charge is 0.261 e. The van der Waals surface area contributed by atoms with Gasteiger partial charge in [0.15, 0.2) is 5.96 Å². The summed E-state index contributed by atoms with van der Waals surface area (Å²) < 4.78 is 21.0. The van der Waals surface area contributed by atoms with Gasteiger partial charge < -0.3 is 14.5 Å². The summed E-state index contributed by atoms with van der Waals surface area (Å²) in [7, 11) is 3.35. The molecule has 3 aromatic rings. The Kier molecular flexibility index (Phi) is 7.78. The largest absolute Gasteiger partial charge is 0.497 e. The summed E-state index contributed by atoms with van der Waals surface area (Å²) in [6.45, 7) is 7.79. The third kappa shape index (κ3) is 5.16. The van der Waals surface area contributed by atoms with Crippen molar-refractivity contribution in [3.8, 4) is 11.8 Å². The summed E-state index contributed by atoms with van der Waals surface area (Å²) in [6, 6.07) is 12.6. The fraction of sp³-hybridized carbons (Fsp3) is 0.500. The molecule has 3 aliphatic rings. The fourth-order valence-electron chi connectivity index (χ4n) is 7.00. The highest BCUT2D eigenvalue weighted by Crippen LogP contribution is 2.62. The third-order valence-electron chi connectivity index (χ3n) is 9.76. The van der Waals surface area contributed by atoms with Crippen LogP contribution >= 0.6 is 0 Å². The van der Waals surface area contributed by atoms with Crippen LogP contribution < -0.4 is 15.2 Å². The first-order chi connectivity index (χ1) is 19.6. The molecule has 0 saturated heterocycles. The van der Waals surface area contributed by atoms with Crippen LogP contribution in [0.1, 0.15) is 45.6 Å². The van der Waals surface area contributed by atoms with Gasteiger partial charge in [-0.3, -0.25) is 14.8 Å². The van der Waals surface area contributed by atoms with Crippen molar-refractivity contribution in [3.63, 3.8) is 0 Å². The van der Waals surface area contributed by atoms with Crippen molar-refractivity contribution in [2.45, 2.75) is 59.0 Å². The summed E-state index contributed by atoms with van der Waals surface area (Å²) in [5.74, 6) is 2.02. The lowest BCUT2D eigenvalue weighted by molar-refractivity contribution is -0.108. The van der Waals surface area contributed by atoms with Crippen LogP contribution in [-0.2, 0) is 13.0 Å². The lowest BCUT2D eigenvalue weighted by Gasteiger charge is -2.63. The van der Waals surface area contributed by atoms with E-state index in [4.69, 9.17) is 15.4 Å². The predicted molar refractivity (Wildman–Crippen MR) is 159 cm³/mol. The minimum absolute atomic E-state index is 0.140. The normalized spacial score (nSPS) is 22.5. The maximum atomic E-state index is 14.4. The number of methoxy groups -OCH3 is 1. The van der Waals surface area contributed by atoms with Gasteiger partial charge in [-0.05, 0) is 72.3 Å². The van der Waals surface area contributed by atoms with Crippen molar-refractivity contribution < 1.29 is 9.13 Å². The molecule has 3 saturated carbocycles.